The lowest BCUT2D eigenvalue weighted by Gasteiger charge is -2.12. The zero-order valence-electron chi connectivity index (χ0n) is 9.97. The molecule has 2 aromatic carbocycles. The van der Waals surface area contributed by atoms with E-state index in [0.717, 1.165) is 5.56 Å². The summed E-state index contributed by atoms with van der Waals surface area (Å²) in [5, 5.41) is 11.8. The lowest BCUT2D eigenvalue weighted by molar-refractivity contribution is 0.509. The fourth-order valence-electron chi connectivity index (χ4n) is 1.66. The summed E-state index contributed by atoms with van der Waals surface area (Å²) in [6.45, 7) is 1.80. The minimum absolute atomic E-state index is 0.0623. The molecule has 0 aliphatic rings. The smallest absolute Gasteiger partial charge is 0.183 e. The van der Waals surface area contributed by atoms with Crippen molar-refractivity contribution in [2.45, 2.75) is 6.92 Å². The van der Waals surface area contributed by atoms with E-state index in [0.29, 0.717) is 10.7 Å². The average Bonchev–Trinajstić information content (AvgIpc) is 2.39. The van der Waals surface area contributed by atoms with Crippen LogP contribution in [0.15, 0.2) is 30.3 Å². The van der Waals surface area contributed by atoms with E-state index in [1.54, 1.807) is 31.2 Å². The van der Waals surface area contributed by atoms with Gasteiger partial charge in [0.15, 0.2) is 11.6 Å². The number of para-hydroxylation sites is 1. The Bertz CT molecular complexity index is 658. The number of nitriles is 1. The van der Waals surface area contributed by atoms with Gasteiger partial charge < -0.3 is 5.32 Å². The summed E-state index contributed by atoms with van der Waals surface area (Å²) in [5.41, 5.74) is 0.912. The van der Waals surface area contributed by atoms with Crippen LogP contribution in [0, 0.1) is 29.9 Å². The molecule has 0 aliphatic heterocycles. The predicted molar refractivity (Wildman–Crippen MR) is 70.5 cm³/mol. The van der Waals surface area contributed by atoms with Crippen molar-refractivity contribution in [2.24, 2.45) is 0 Å². The molecule has 1 N–H and O–H groups in total. The molecule has 0 aromatic heterocycles. The highest BCUT2D eigenvalue weighted by Crippen LogP contribution is 2.30. The van der Waals surface area contributed by atoms with Gasteiger partial charge in [-0.2, -0.15) is 5.26 Å². The van der Waals surface area contributed by atoms with Gasteiger partial charge in [-0.3, -0.25) is 0 Å². The van der Waals surface area contributed by atoms with Crippen molar-refractivity contribution in [3.63, 3.8) is 0 Å². The topological polar surface area (TPSA) is 35.8 Å². The fourth-order valence-corrected chi connectivity index (χ4v) is 1.93. The van der Waals surface area contributed by atoms with Gasteiger partial charge in [-0.15, -0.1) is 0 Å². The third-order valence-corrected chi connectivity index (χ3v) is 3.00. The van der Waals surface area contributed by atoms with Crippen molar-refractivity contribution >= 4 is 23.0 Å². The van der Waals surface area contributed by atoms with E-state index in [1.807, 2.05) is 0 Å². The fraction of sp³-hybridized carbons (Fsp3) is 0.0714. The van der Waals surface area contributed by atoms with Crippen LogP contribution in [0.4, 0.5) is 20.2 Å². The number of benzene rings is 2. The second kappa shape index (κ2) is 5.25. The van der Waals surface area contributed by atoms with Gasteiger partial charge >= 0.3 is 0 Å². The minimum Gasteiger partial charge on any atom is -0.352 e. The number of anilines is 2. The highest BCUT2D eigenvalue weighted by molar-refractivity contribution is 6.33. The Labute approximate surface area is 114 Å². The molecule has 19 heavy (non-hydrogen) atoms. The summed E-state index contributed by atoms with van der Waals surface area (Å²) in [6.07, 6.45) is 0. The zero-order valence-corrected chi connectivity index (χ0v) is 10.7. The number of halogens is 3. The van der Waals surface area contributed by atoms with Gasteiger partial charge in [-0.05, 0) is 30.7 Å². The molecule has 2 nitrogen and oxygen atoms in total. The molecule has 96 valence electrons. The first-order valence-corrected chi connectivity index (χ1v) is 5.82. The largest absolute Gasteiger partial charge is 0.352 e. The molecule has 0 amide bonds. The summed E-state index contributed by atoms with van der Waals surface area (Å²) >= 11 is 6.00. The number of aryl methyl sites for hydroxylation is 1. The molecule has 0 heterocycles. The Morgan fingerprint density at radius 1 is 1.16 bits per heavy atom. The summed E-state index contributed by atoms with van der Waals surface area (Å²) in [6, 6.07) is 9.31. The van der Waals surface area contributed by atoms with Gasteiger partial charge in [0.1, 0.15) is 6.07 Å². The molecule has 0 aliphatic carbocycles. The van der Waals surface area contributed by atoms with Crippen molar-refractivity contribution < 1.29 is 8.78 Å². The van der Waals surface area contributed by atoms with Gasteiger partial charge in [0.25, 0.3) is 0 Å². The van der Waals surface area contributed by atoms with Crippen LogP contribution in [-0.2, 0) is 0 Å². The highest BCUT2D eigenvalue weighted by Gasteiger charge is 2.14. The Kier molecular flexibility index (Phi) is 3.68. The quantitative estimate of drug-likeness (QED) is 0.875. The Balaban J connectivity index is 2.46. The maximum absolute atomic E-state index is 13.8. The van der Waals surface area contributed by atoms with Crippen molar-refractivity contribution in [3.05, 3.63) is 58.1 Å². The maximum Gasteiger partial charge on any atom is 0.183 e. The SMILES string of the molecule is Cc1cccc(Cl)c1Nc1ccc(C#N)c(F)c1F. The normalized spacial score (nSPS) is 10.1. The van der Waals surface area contributed by atoms with Crippen molar-refractivity contribution in [3.8, 4) is 6.07 Å². The van der Waals surface area contributed by atoms with Crippen LogP contribution >= 0.6 is 11.6 Å². The lowest BCUT2D eigenvalue weighted by Crippen LogP contribution is -2.00. The van der Waals surface area contributed by atoms with E-state index in [-0.39, 0.29) is 11.3 Å². The van der Waals surface area contributed by atoms with E-state index in [9.17, 15) is 8.78 Å². The van der Waals surface area contributed by atoms with Crippen LogP contribution in [0.2, 0.25) is 5.02 Å². The van der Waals surface area contributed by atoms with Gasteiger partial charge in [-0.1, -0.05) is 23.7 Å². The summed E-state index contributed by atoms with van der Waals surface area (Å²) in [7, 11) is 0. The Morgan fingerprint density at radius 3 is 2.53 bits per heavy atom. The first kappa shape index (κ1) is 13.3. The average molecular weight is 279 g/mol. The molecule has 0 atom stereocenters. The highest BCUT2D eigenvalue weighted by atomic mass is 35.5. The first-order chi connectivity index (χ1) is 9.04. The number of hydrogen-bond donors (Lipinski definition) is 1. The molecular weight excluding hydrogens is 270 g/mol. The molecule has 0 fully saturated rings. The van der Waals surface area contributed by atoms with Crippen LogP contribution < -0.4 is 5.32 Å². The molecule has 0 unspecified atom stereocenters. The van der Waals surface area contributed by atoms with Crippen molar-refractivity contribution in [1.82, 2.24) is 0 Å². The second-order valence-electron chi connectivity index (χ2n) is 3.96. The number of hydrogen-bond acceptors (Lipinski definition) is 2. The second-order valence-corrected chi connectivity index (χ2v) is 4.36. The lowest BCUT2D eigenvalue weighted by atomic mass is 10.1. The van der Waals surface area contributed by atoms with E-state index in [2.05, 4.69) is 5.32 Å². The molecule has 2 rings (SSSR count). The van der Waals surface area contributed by atoms with E-state index in [4.69, 9.17) is 16.9 Å². The standard InChI is InChI=1S/C14H9ClF2N2/c1-8-3-2-4-10(15)14(8)19-11-6-5-9(7-18)12(16)13(11)17/h2-6,19H,1H3. The van der Waals surface area contributed by atoms with Gasteiger partial charge in [-0.25, -0.2) is 8.78 Å². The third kappa shape index (κ3) is 2.51. The van der Waals surface area contributed by atoms with Crippen LogP contribution in [0.5, 0.6) is 0 Å². The van der Waals surface area contributed by atoms with Gasteiger partial charge in [0.05, 0.1) is 22.0 Å². The summed E-state index contributed by atoms with van der Waals surface area (Å²) < 4.78 is 27.3. The zero-order chi connectivity index (χ0) is 14.0. The monoisotopic (exact) mass is 278 g/mol. The summed E-state index contributed by atoms with van der Waals surface area (Å²) in [4.78, 5) is 0. The molecule has 0 saturated carbocycles. The van der Waals surface area contributed by atoms with E-state index < -0.39 is 11.6 Å². The van der Waals surface area contributed by atoms with Crippen LogP contribution in [-0.4, -0.2) is 0 Å². The summed E-state index contributed by atoms with van der Waals surface area (Å²) in [5.74, 6) is -2.27. The molecule has 0 spiro atoms. The van der Waals surface area contributed by atoms with Crippen molar-refractivity contribution in [1.29, 1.82) is 5.26 Å². The molecule has 2 aromatic rings. The predicted octanol–water partition coefficient (Wildman–Crippen LogP) is 4.54. The third-order valence-electron chi connectivity index (χ3n) is 2.68. The van der Waals surface area contributed by atoms with Crippen molar-refractivity contribution in [2.75, 3.05) is 5.32 Å². The van der Waals surface area contributed by atoms with Crippen LogP contribution in [0.1, 0.15) is 11.1 Å². The molecule has 5 heteroatoms. The Hall–Kier alpha value is -2.12. The van der Waals surface area contributed by atoms with Gasteiger partial charge in [0, 0.05) is 0 Å². The minimum atomic E-state index is -1.17. The van der Waals surface area contributed by atoms with Gasteiger partial charge in [0.2, 0.25) is 0 Å². The number of nitrogens with one attached hydrogen (secondary N) is 1. The maximum atomic E-state index is 13.8. The van der Waals surface area contributed by atoms with Crippen LogP contribution in [0.3, 0.4) is 0 Å². The molecule has 0 saturated heterocycles. The molecular formula is C14H9ClF2N2. The first-order valence-electron chi connectivity index (χ1n) is 5.45. The molecule has 0 radical (unpaired) electrons. The number of rotatable bonds is 2. The van der Waals surface area contributed by atoms with E-state index >= 15 is 0 Å². The molecule has 0 bridgehead atoms. The number of nitrogens with zero attached hydrogens (tertiary/aromatic N) is 1. The Morgan fingerprint density at radius 2 is 1.89 bits per heavy atom. The van der Waals surface area contributed by atoms with Crippen LogP contribution in [0.25, 0.3) is 0 Å². The van der Waals surface area contributed by atoms with E-state index in [1.165, 1.54) is 12.1 Å².